The highest BCUT2D eigenvalue weighted by atomic mass is 32.2. The average molecular weight is 596 g/mol. The SMILES string of the molecule is CCOc1cc(C(=O)N[C@@H](Cc2ccccc2)[C@H](O)CNC(=O)OCc2ccccc2)cc(N2CCCCS2(=O)=O)c1. The van der Waals surface area contributed by atoms with Crippen LogP contribution in [-0.2, 0) is 27.8 Å². The number of carbonyl (C=O) groups is 2. The molecule has 4 rings (SSSR count). The molecule has 1 aliphatic rings. The smallest absolute Gasteiger partial charge is 0.407 e. The first-order valence-electron chi connectivity index (χ1n) is 14.0. The van der Waals surface area contributed by atoms with Crippen LogP contribution in [0.15, 0.2) is 78.9 Å². The normalized spacial score (nSPS) is 15.7. The van der Waals surface area contributed by atoms with Crippen molar-refractivity contribution in [2.24, 2.45) is 0 Å². The minimum absolute atomic E-state index is 0.0412. The lowest BCUT2D eigenvalue weighted by atomic mass is 10.0. The highest BCUT2D eigenvalue weighted by Crippen LogP contribution is 2.29. The van der Waals surface area contributed by atoms with E-state index in [1.165, 1.54) is 10.4 Å². The molecule has 0 saturated carbocycles. The molecule has 2 amide bonds. The maximum atomic E-state index is 13.5. The van der Waals surface area contributed by atoms with E-state index in [-0.39, 0.29) is 30.9 Å². The van der Waals surface area contributed by atoms with Crippen molar-refractivity contribution in [1.82, 2.24) is 10.6 Å². The van der Waals surface area contributed by atoms with Gasteiger partial charge in [0, 0.05) is 24.7 Å². The van der Waals surface area contributed by atoms with Crippen LogP contribution in [0.2, 0.25) is 0 Å². The molecule has 3 N–H and O–H groups in total. The first kappa shape index (κ1) is 30.9. The molecule has 2 atom stereocenters. The van der Waals surface area contributed by atoms with Crippen LogP contribution in [0.5, 0.6) is 5.75 Å². The molecular formula is C31H37N3O7S. The van der Waals surface area contributed by atoms with Crippen molar-refractivity contribution in [3.8, 4) is 5.75 Å². The summed E-state index contributed by atoms with van der Waals surface area (Å²) < 4.78 is 37.7. The highest BCUT2D eigenvalue weighted by Gasteiger charge is 2.28. The van der Waals surface area contributed by atoms with Crippen molar-refractivity contribution in [2.45, 2.75) is 44.9 Å². The lowest BCUT2D eigenvalue weighted by molar-refractivity contribution is 0.0817. The molecule has 224 valence electrons. The van der Waals surface area contributed by atoms with Gasteiger partial charge in [-0.3, -0.25) is 9.10 Å². The van der Waals surface area contributed by atoms with Crippen molar-refractivity contribution in [3.05, 3.63) is 95.6 Å². The quantitative estimate of drug-likeness (QED) is 0.291. The maximum Gasteiger partial charge on any atom is 0.407 e. The summed E-state index contributed by atoms with van der Waals surface area (Å²) in [5.41, 5.74) is 2.25. The molecule has 11 heteroatoms. The van der Waals surface area contributed by atoms with E-state index in [4.69, 9.17) is 9.47 Å². The van der Waals surface area contributed by atoms with Gasteiger partial charge >= 0.3 is 6.09 Å². The van der Waals surface area contributed by atoms with Gasteiger partial charge in [0.25, 0.3) is 5.91 Å². The number of carbonyl (C=O) groups excluding carboxylic acids is 2. The first-order valence-corrected chi connectivity index (χ1v) is 15.6. The van der Waals surface area contributed by atoms with Gasteiger partial charge in [-0.2, -0.15) is 0 Å². The number of amides is 2. The molecule has 1 fully saturated rings. The fourth-order valence-corrected chi connectivity index (χ4v) is 6.32. The second-order valence-corrected chi connectivity index (χ2v) is 12.0. The predicted molar refractivity (Wildman–Crippen MR) is 160 cm³/mol. The fourth-order valence-electron chi connectivity index (χ4n) is 4.69. The Bertz CT molecular complexity index is 1440. The summed E-state index contributed by atoms with van der Waals surface area (Å²) in [6.45, 7) is 2.37. The topological polar surface area (TPSA) is 134 Å². The van der Waals surface area contributed by atoms with E-state index >= 15 is 0 Å². The third-order valence-corrected chi connectivity index (χ3v) is 8.72. The Morgan fingerprint density at radius 2 is 1.67 bits per heavy atom. The Hall–Kier alpha value is -4.09. The standard InChI is InChI=1S/C31H37N3O7S/c1-2-40-27-19-25(18-26(20-27)34-15-9-10-16-42(34,38)39)30(36)33-28(17-23-11-5-3-6-12-23)29(35)21-32-31(37)41-22-24-13-7-4-8-14-24/h3-8,11-14,18-20,28-29,35H,2,9-10,15-17,21-22H2,1H3,(H,32,37)(H,33,36)/t28-,29+/m0/s1. The number of aliphatic hydroxyl groups excluding tert-OH is 1. The number of ether oxygens (including phenoxy) is 2. The van der Waals surface area contributed by atoms with Crippen LogP contribution in [0.4, 0.5) is 10.5 Å². The van der Waals surface area contributed by atoms with Crippen LogP contribution in [-0.4, -0.2) is 63.1 Å². The fraction of sp³-hybridized carbons (Fsp3) is 0.355. The molecular weight excluding hydrogens is 558 g/mol. The van der Waals surface area contributed by atoms with Gasteiger partial charge in [0.2, 0.25) is 10.0 Å². The van der Waals surface area contributed by atoms with Crippen LogP contribution in [0.1, 0.15) is 41.3 Å². The largest absolute Gasteiger partial charge is 0.494 e. The first-order chi connectivity index (χ1) is 20.2. The molecule has 0 spiro atoms. The molecule has 0 unspecified atom stereocenters. The van der Waals surface area contributed by atoms with E-state index in [9.17, 15) is 23.1 Å². The van der Waals surface area contributed by atoms with Gasteiger partial charge in [0.15, 0.2) is 0 Å². The number of aliphatic hydroxyl groups is 1. The Morgan fingerprint density at radius 1 is 0.976 bits per heavy atom. The van der Waals surface area contributed by atoms with E-state index in [0.29, 0.717) is 37.4 Å². The van der Waals surface area contributed by atoms with Crippen molar-refractivity contribution in [2.75, 3.05) is 29.8 Å². The molecule has 0 radical (unpaired) electrons. The number of alkyl carbamates (subject to hydrolysis) is 1. The minimum Gasteiger partial charge on any atom is -0.494 e. The van der Waals surface area contributed by atoms with Crippen LogP contribution >= 0.6 is 0 Å². The summed E-state index contributed by atoms with van der Waals surface area (Å²) in [7, 11) is -3.51. The van der Waals surface area contributed by atoms with Gasteiger partial charge in [-0.1, -0.05) is 60.7 Å². The zero-order valence-corrected chi connectivity index (χ0v) is 24.4. The third-order valence-electron chi connectivity index (χ3n) is 6.85. The summed E-state index contributed by atoms with van der Waals surface area (Å²) >= 11 is 0. The van der Waals surface area contributed by atoms with Crippen molar-refractivity contribution >= 4 is 27.7 Å². The van der Waals surface area contributed by atoms with Gasteiger partial charge in [-0.15, -0.1) is 0 Å². The number of hydrogen-bond acceptors (Lipinski definition) is 7. The summed E-state index contributed by atoms with van der Waals surface area (Å²) in [4.78, 5) is 25.8. The molecule has 3 aromatic carbocycles. The monoisotopic (exact) mass is 595 g/mol. The third kappa shape index (κ3) is 8.70. The van der Waals surface area contributed by atoms with Gasteiger partial charge in [0.1, 0.15) is 12.4 Å². The molecule has 1 heterocycles. The summed E-state index contributed by atoms with van der Waals surface area (Å²) in [5.74, 6) is -0.109. The maximum absolute atomic E-state index is 13.5. The van der Waals surface area contributed by atoms with Gasteiger partial charge in [-0.25, -0.2) is 13.2 Å². The number of sulfonamides is 1. The second-order valence-electron chi connectivity index (χ2n) is 10.0. The predicted octanol–water partition coefficient (Wildman–Crippen LogP) is 3.64. The van der Waals surface area contributed by atoms with E-state index in [2.05, 4.69) is 10.6 Å². The van der Waals surface area contributed by atoms with Crippen molar-refractivity contribution in [1.29, 1.82) is 0 Å². The van der Waals surface area contributed by atoms with Crippen LogP contribution in [0.3, 0.4) is 0 Å². The van der Waals surface area contributed by atoms with Crippen molar-refractivity contribution in [3.63, 3.8) is 0 Å². The van der Waals surface area contributed by atoms with Gasteiger partial charge in [0.05, 0.1) is 30.2 Å². The summed E-state index contributed by atoms with van der Waals surface area (Å²) in [6.07, 6.45) is -0.266. The molecule has 0 aliphatic carbocycles. The number of hydrogen-bond donors (Lipinski definition) is 3. The van der Waals surface area contributed by atoms with Crippen molar-refractivity contribution < 1.29 is 32.6 Å². The van der Waals surface area contributed by atoms with Crippen LogP contribution in [0, 0.1) is 0 Å². The minimum atomic E-state index is -3.51. The van der Waals surface area contributed by atoms with E-state index in [1.54, 1.807) is 19.1 Å². The molecule has 3 aromatic rings. The van der Waals surface area contributed by atoms with E-state index in [0.717, 1.165) is 11.1 Å². The Kier molecular flexibility index (Phi) is 10.8. The van der Waals surface area contributed by atoms with Crippen LogP contribution < -0.4 is 19.7 Å². The molecule has 42 heavy (non-hydrogen) atoms. The average Bonchev–Trinajstić information content (AvgIpc) is 2.99. The molecule has 1 saturated heterocycles. The Balaban J connectivity index is 1.49. The molecule has 10 nitrogen and oxygen atoms in total. The summed E-state index contributed by atoms with van der Waals surface area (Å²) in [5, 5.41) is 16.5. The number of nitrogens with zero attached hydrogens (tertiary/aromatic N) is 1. The van der Waals surface area contributed by atoms with Gasteiger partial charge in [-0.05, 0) is 49.4 Å². The number of rotatable bonds is 12. The number of nitrogens with one attached hydrogen (secondary N) is 2. The zero-order chi connectivity index (χ0) is 30.0. The Morgan fingerprint density at radius 3 is 2.33 bits per heavy atom. The number of benzene rings is 3. The lowest BCUT2D eigenvalue weighted by Crippen LogP contribution is -2.49. The number of anilines is 1. The highest BCUT2D eigenvalue weighted by molar-refractivity contribution is 7.92. The zero-order valence-electron chi connectivity index (χ0n) is 23.6. The van der Waals surface area contributed by atoms with Crippen LogP contribution in [0.25, 0.3) is 0 Å². The molecule has 0 aromatic heterocycles. The molecule has 1 aliphatic heterocycles. The lowest BCUT2D eigenvalue weighted by Gasteiger charge is -2.29. The Labute approximate surface area is 246 Å². The second kappa shape index (κ2) is 14.7. The van der Waals surface area contributed by atoms with E-state index < -0.39 is 34.2 Å². The van der Waals surface area contributed by atoms with Gasteiger partial charge < -0.3 is 25.2 Å². The molecule has 0 bridgehead atoms. The summed E-state index contributed by atoms with van der Waals surface area (Å²) in [6, 6.07) is 22.5. The van der Waals surface area contributed by atoms with E-state index in [1.807, 2.05) is 60.7 Å².